The standard InChI is InChI=1S/C9H10F2N2O2/c1-5-3-12-13(2)6(5)8(7(14)15)4-9(8,10)11/h3H,4H2,1-2H3,(H,14,15). The van der Waals surface area contributed by atoms with Gasteiger partial charge in [-0.15, -0.1) is 0 Å². The minimum absolute atomic E-state index is 0.0972. The van der Waals surface area contributed by atoms with Gasteiger partial charge in [0.15, 0.2) is 5.41 Å². The molecule has 1 heterocycles. The normalized spacial score (nSPS) is 27.7. The first kappa shape index (κ1) is 10.1. The summed E-state index contributed by atoms with van der Waals surface area (Å²) in [6, 6.07) is 0. The topological polar surface area (TPSA) is 55.1 Å². The molecule has 1 fully saturated rings. The van der Waals surface area contributed by atoms with E-state index in [0.717, 1.165) is 0 Å². The lowest BCUT2D eigenvalue weighted by atomic mass is 9.98. The lowest BCUT2D eigenvalue weighted by Crippen LogP contribution is -2.30. The van der Waals surface area contributed by atoms with Crippen molar-refractivity contribution in [1.29, 1.82) is 0 Å². The Hall–Kier alpha value is -1.46. The second-order valence-corrected chi connectivity index (χ2v) is 3.89. The van der Waals surface area contributed by atoms with Crippen LogP contribution >= 0.6 is 0 Å². The van der Waals surface area contributed by atoms with Crippen LogP contribution < -0.4 is 0 Å². The van der Waals surface area contributed by atoms with E-state index in [1.807, 2.05) is 0 Å². The fourth-order valence-electron chi connectivity index (χ4n) is 2.04. The Balaban J connectivity index is 2.59. The molecule has 0 spiro atoms. The zero-order chi connectivity index (χ0) is 11.4. The van der Waals surface area contributed by atoms with Gasteiger partial charge in [0, 0.05) is 13.5 Å². The molecule has 0 aliphatic heterocycles. The highest BCUT2D eigenvalue weighted by Gasteiger charge is 2.79. The predicted octanol–water partition coefficient (Wildman–Crippen LogP) is 1.09. The number of carboxylic acids is 1. The number of carboxylic acid groups (broad SMARTS) is 1. The summed E-state index contributed by atoms with van der Waals surface area (Å²) in [6.45, 7) is 1.58. The van der Waals surface area contributed by atoms with Crippen LogP contribution in [0.3, 0.4) is 0 Å². The van der Waals surface area contributed by atoms with Crippen LogP contribution in [0.1, 0.15) is 17.7 Å². The van der Waals surface area contributed by atoms with E-state index in [1.165, 1.54) is 17.9 Å². The number of aromatic nitrogens is 2. The predicted molar refractivity (Wildman–Crippen MR) is 46.8 cm³/mol. The molecule has 0 bridgehead atoms. The maximum absolute atomic E-state index is 13.2. The fourth-order valence-corrected chi connectivity index (χ4v) is 2.04. The third-order valence-corrected chi connectivity index (χ3v) is 2.88. The third-order valence-electron chi connectivity index (χ3n) is 2.88. The lowest BCUT2D eigenvalue weighted by molar-refractivity contribution is -0.143. The number of halogens is 2. The van der Waals surface area contributed by atoms with E-state index in [-0.39, 0.29) is 5.69 Å². The van der Waals surface area contributed by atoms with Gasteiger partial charge in [-0.2, -0.15) is 5.10 Å². The van der Waals surface area contributed by atoms with E-state index in [1.54, 1.807) is 6.92 Å². The minimum Gasteiger partial charge on any atom is -0.480 e. The van der Waals surface area contributed by atoms with Gasteiger partial charge in [0.2, 0.25) is 0 Å². The fraction of sp³-hybridized carbons (Fsp3) is 0.556. The van der Waals surface area contributed by atoms with Crippen LogP contribution in [0.2, 0.25) is 0 Å². The minimum atomic E-state index is -3.17. The van der Waals surface area contributed by atoms with Crippen LogP contribution in [0, 0.1) is 6.92 Å². The number of nitrogens with zero attached hydrogens (tertiary/aromatic N) is 2. The Morgan fingerprint density at radius 1 is 1.67 bits per heavy atom. The van der Waals surface area contributed by atoms with Gasteiger partial charge in [-0.3, -0.25) is 9.48 Å². The number of aliphatic carboxylic acids is 1. The molecule has 1 N–H and O–H groups in total. The third kappa shape index (κ3) is 1.04. The summed E-state index contributed by atoms with van der Waals surface area (Å²) in [6.07, 6.45) is 0.754. The first-order valence-corrected chi connectivity index (χ1v) is 4.43. The Labute approximate surface area is 84.5 Å². The van der Waals surface area contributed by atoms with E-state index in [4.69, 9.17) is 5.11 Å². The van der Waals surface area contributed by atoms with Gasteiger partial charge in [0.25, 0.3) is 5.92 Å². The monoisotopic (exact) mass is 216 g/mol. The molecule has 82 valence electrons. The Kier molecular flexibility index (Phi) is 1.72. The molecule has 1 aliphatic rings. The molecule has 15 heavy (non-hydrogen) atoms. The smallest absolute Gasteiger partial charge is 0.322 e. The molecule has 1 aromatic rings. The van der Waals surface area contributed by atoms with Crippen molar-refractivity contribution in [2.45, 2.75) is 24.7 Å². The van der Waals surface area contributed by atoms with E-state index in [0.29, 0.717) is 5.56 Å². The average molecular weight is 216 g/mol. The summed E-state index contributed by atoms with van der Waals surface area (Å²) >= 11 is 0. The zero-order valence-corrected chi connectivity index (χ0v) is 8.29. The number of hydrogen-bond donors (Lipinski definition) is 1. The Morgan fingerprint density at radius 2 is 2.20 bits per heavy atom. The first-order chi connectivity index (χ1) is 6.83. The van der Waals surface area contributed by atoms with Gasteiger partial charge in [-0.1, -0.05) is 0 Å². The first-order valence-electron chi connectivity index (χ1n) is 4.43. The number of rotatable bonds is 2. The van der Waals surface area contributed by atoms with E-state index in [2.05, 4.69) is 5.10 Å². The van der Waals surface area contributed by atoms with Gasteiger partial charge >= 0.3 is 5.97 Å². The van der Waals surface area contributed by atoms with E-state index < -0.39 is 23.7 Å². The molecule has 1 saturated carbocycles. The molecule has 0 amide bonds. The maximum atomic E-state index is 13.2. The van der Waals surface area contributed by atoms with Gasteiger partial charge in [-0.25, -0.2) is 8.78 Å². The highest BCUT2D eigenvalue weighted by atomic mass is 19.3. The molecule has 6 heteroatoms. The second-order valence-electron chi connectivity index (χ2n) is 3.89. The molecule has 4 nitrogen and oxygen atoms in total. The molecule has 0 radical (unpaired) electrons. The van der Waals surface area contributed by atoms with Crippen LogP contribution in [0.5, 0.6) is 0 Å². The van der Waals surface area contributed by atoms with Crippen molar-refractivity contribution in [3.05, 3.63) is 17.5 Å². The average Bonchev–Trinajstić information content (AvgIpc) is 2.51. The number of carbonyl (C=O) groups is 1. The molecular formula is C9H10F2N2O2. The second kappa shape index (κ2) is 2.56. The quantitative estimate of drug-likeness (QED) is 0.805. The largest absolute Gasteiger partial charge is 0.480 e. The highest BCUT2D eigenvalue weighted by Crippen LogP contribution is 2.62. The van der Waals surface area contributed by atoms with Crippen LogP contribution in [-0.4, -0.2) is 26.8 Å². The summed E-state index contributed by atoms with van der Waals surface area (Å²) in [4.78, 5) is 11.0. The van der Waals surface area contributed by atoms with E-state index >= 15 is 0 Å². The number of aryl methyl sites for hydroxylation is 2. The van der Waals surface area contributed by atoms with Crippen molar-refractivity contribution in [3.8, 4) is 0 Å². The van der Waals surface area contributed by atoms with Crippen molar-refractivity contribution in [2.24, 2.45) is 7.05 Å². The maximum Gasteiger partial charge on any atom is 0.322 e. The van der Waals surface area contributed by atoms with Crippen LogP contribution in [0.15, 0.2) is 6.20 Å². The molecule has 0 aromatic carbocycles. The number of alkyl halides is 2. The lowest BCUT2D eigenvalue weighted by Gasteiger charge is -2.12. The molecule has 0 saturated heterocycles. The molecule has 1 unspecified atom stereocenters. The van der Waals surface area contributed by atoms with Gasteiger partial charge in [-0.05, 0) is 12.5 Å². The van der Waals surface area contributed by atoms with Crippen molar-refractivity contribution in [1.82, 2.24) is 9.78 Å². The van der Waals surface area contributed by atoms with Crippen molar-refractivity contribution in [2.75, 3.05) is 0 Å². The van der Waals surface area contributed by atoms with Crippen LogP contribution in [-0.2, 0) is 17.3 Å². The van der Waals surface area contributed by atoms with Gasteiger partial charge in [0.05, 0.1) is 11.9 Å². The number of hydrogen-bond acceptors (Lipinski definition) is 2. The van der Waals surface area contributed by atoms with E-state index in [9.17, 15) is 13.6 Å². The van der Waals surface area contributed by atoms with Gasteiger partial charge in [0.1, 0.15) is 0 Å². The highest BCUT2D eigenvalue weighted by molar-refractivity contribution is 5.87. The summed E-state index contributed by atoms with van der Waals surface area (Å²) in [5.41, 5.74) is -1.49. The van der Waals surface area contributed by atoms with Crippen molar-refractivity contribution in [3.63, 3.8) is 0 Å². The Bertz CT molecular complexity index is 422. The molecule has 2 rings (SSSR count). The summed E-state index contributed by atoms with van der Waals surface area (Å²) in [7, 11) is 1.47. The Morgan fingerprint density at radius 3 is 2.47 bits per heavy atom. The molecule has 1 aliphatic carbocycles. The molecule has 1 atom stereocenters. The summed E-state index contributed by atoms with van der Waals surface area (Å²) in [5.74, 6) is -4.66. The van der Waals surface area contributed by atoms with Crippen molar-refractivity contribution >= 4 is 5.97 Å². The van der Waals surface area contributed by atoms with Crippen LogP contribution in [0.4, 0.5) is 8.78 Å². The van der Waals surface area contributed by atoms with Crippen molar-refractivity contribution < 1.29 is 18.7 Å². The summed E-state index contributed by atoms with van der Waals surface area (Å²) in [5, 5.41) is 12.7. The SMILES string of the molecule is Cc1cnn(C)c1C1(C(=O)O)CC1(F)F. The molecule has 1 aromatic heterocycles. The zero-order valence-electron chi connectivity index (χ0n) is 8.29. The summed E-state index contributed by atoms with van der Waals surface area (Å²) < 4.78 is 27.6. The van der Waals surface area contributed by atoms with Gasteiger partial charge < -0.3 is 5.11 Å². The van der Waals surface area contributed by atoms with Crippen LogP contribution in [0.25, 0.3) is 0 Å². The molecular weight excluding hydrogens is 206 g/mol.